The van der Waals surface area contributed by atoms with Crippen molar-refractivity contribution in [1.29, 1.82) is 0 Å². The second-order valence-electron chi connectivity index (χ2n) is 6.01. The van der Waals surface area contributed by atoms with E-state index in [2.05, 4.69) is 5.32 Å². The summed E-state index contributed by atoms with van der Waals surface area (Å²) in [6.07, 6.45) is 0.485. The van der Waals surface area contributed by atoms with Gasteiger partial charge in [0.2, 0.25) is 15.9 Å². The van der Waals surface area contributed by atoms with E-state index < -0.39 is 15.9 Å². The molecule has 3 rings (SSSR count). The van der Waals surface area contributed by atoms with E-state index in [0.717, 1.165) is 0 Å². The molecule has 8 nitrogen and oxygen atoms in total. The normalized spacial score (nSPS) is 13.7. The number of rotatable bonds is 5. The van der Waals surface area contributed by atoms with Gasteiger partial charge in [0.25, 0.3) is 5.91 Å². The van der Waals surface area contributed by atoms with Crippen molar-refractivity contribution < 1.29 is 22.7 Å². The lowest BCUT2D eigenvalue weighted by Crippen LogP contribution is -2.43. The van der Waals surface area contributed by atoms with Crippen LogP contribution in [-0.2, 0) is 26.0 Å². The topological polar surface area (TPSA) is 119 Å². The summed E-state index contributed by atoms with van der Waals surface area (Å²) in [6, 6.07) is 11.4. The van der Waals surface area contributed by atoms with Crippen molar-refractivity contribution in [2.45, 2.75) is 18.2 Å². The van der Waals surface area contributed by atoms with Crippen molar-refractivity contribution in [3.8, 4) is 5.75 Å². The molecule has 3 N–H and O–H groups in total. The number of hydrogen-bond acceptors (Lipinski definition) is 5. The Hall–Kier alpha value is -2.91. The Labute approximate surface area is 157 Å². The van der Waals surface area contributed by atoms with Crippen LogP contribution in [0.4, 0.5) is 11.4 Å². The molecular weight excluding hydrogens is 370 g/mol. The Morgan fingerprint density at radius 2 is 2.00 bits per heavy atom. The number of ether oxygens (including phenoxy) is 1. The summed E-state index contributed by atoms with van der Waals surface area (Å²) in [6.45, 7) is 1.44. The maximum absolute atomic E-state index is 12.4. The van der Waals surface area contributed by atoms with Gasteiger partial charge in [-0.05, 0) is 36.2 Å². The average Bonchev–Trinajstić information content (AvgIpc) is 2.63. The Morgan fingerprint density at radius 1 is 1.26 bits per heavy atom. The summed E-state index contributed by atoms with van der Waals surface area (Å²) in [5, 5.41) is 7.86. The third-order valence-electron chi connectivity index (χ3n) is 4.15. The second kappa shape index (κ2) is 7.37. The van der Waals surface area contributed by atoms with Gasteiger partial charge in [0.05, 0.1) is 10.6 Å². The molecule has 0 bridgehead atoms. The monoisotopic (exact) mass is 389 g/mol. The minimum atomic E-state index is -3.91. The number of hydrogen-bond donors (Lipinski definition) is 2. The van der Waals surface area contributed by atoms with E-state index in [1.807, 2.05) is 6.92 Å². The van der Waals surface area contributed by atoms with E-state index in [1.165, 1.54) is 11.0 Å². The molecule has 1 aliphatic rings. The van der Waals surface area contributed by atoms with Gasteiger partial charge in [-0.1, -0.05) is 25.1 Å². The van der Waals surface area contributed by atoms with Crippen LogP contribution in [-0.4, -0.2) is 33.4 Å². The lowest BCUT2D eigenvalue weighted by Gasteiger charge is -2.28. The summed E-state index contributed by atoms with van der Waals surface area (Å²) in [5.41, 5.74) is 1.36. The predicted molar refractivity (Wildman–Crippen MR) is 100 cm³/mol. The molecule has 0 saturated carbocycles. The zero-order valence-electron chi connectivity index (χ0n) is 14.6. The lowest BCUT2D eigenvalue weighted by molar-refractivity contribution is -0.123. The van der Waals surface area contributed by atoms with Gasteiger partial charge in [-0.2, -0.15) is 0 Å². The molecule has 142 valence electrons. The second-order valence-corrected chi connectivity index (χ2v) is 7.54. The third-order valence-corrected chi connectivity index (χ3v) is 5.14. The maximum Gasteiger partial charge on any atom is 0.265 e. The van der Waals surface area contributed by atoms with Crippen LogP contribution in [0.3, 0.4) is 0 Å². The number of nitrogens with two attached hydrogens (primary N) is 1. The molecule has 27 heavy (non-hydrogen) atoms. The van der Waals surface area contributed by atoms with Crippen molar-refractivity contribution in [3.63, 3.8) is 0 Å². The van der Waals surface area contributed by atoms with E-state index in [9.17, 15) is 18.0 Å². The molecule has 1 heterocycles. The molecule has 2 aromatic rings. The van der Waals surface area contributed by atoms with Crippen LogP contribution in [0.1, 0.15) is 12.5 Å². The Balaban J connectivity index is 1.80. The number of sulfonamides is 1. The van der Waals surface area contributed by atoms with Gasteiger partial charge in [-0.3, -0.25) is 14.5 Å². The van der Waals surface area contributed by atoms with E-state index in [-0.39, 0.29) is 29.6 Å². The summed E-state index contributed by atoms with van der Waals surface area (Å²) < 4.78 is 28.8. The molecule has 0 saturated heterocycles. The zero-order chi connectivity index (χ0) is 19.6. The molecular formula is C18H19N3O5S. The van der Waals surface area contributed by atoms with Gasteiger partial charge < -0.3 is 10.1 Å². The highest BCUT2D eigenvalue weighted by molar-refractivity contribution is 7.89. The fourth-order valence-electron chi connectivity index (χ4n) is 2.86. The van der Waals surface area contributed by atoms with Crippen LogP contribution in [0.15, 0.2) is 47.4 Å². The molecule has 0 atom stereocenters. The first-order valence-electron chi connectivity index (χ1n) is 8.27. The molecule has 1 aliphatic heterocycles. The van der Waals surface area contributed by atoms with E-state index in [0.29, 0.717) is 23.4 Å². The number of fused-ring (bicyclic) bond motifs is 1. The van der Waals surface area contributed by atoms with Crippen molar-refractivity contribution >= 4 is 33.2 Å². The van der Waals surface area contributed by atoms with E-state index >= 15 is 0 Å². The van der Waals surface area contributed by atoms with Crippen molar-refractivity contribution in [1.82, 2.24) is 0 Å². The number of para-hydroxylation sites is 2. The number of nitrogens with one attached hydrogen (secondary N) is 1. The standard InChI is InChI=1S/C18H19N3O5S/c1-2-12-7-8-13(9-16(12)27(19,24)25)20-17(22)10-21-14-5-3-4-6-15(14)26-11-18(21)23/h3-9H,2,10-11H2,1H3,(H,20,22)(H2,19,24,25). The maximum atomic E-state index is 12.4. The highest BCUT2D eigenvalue weighted by atomic mass is 32.2. The Kier molecular flexibility index (Phi) is 5.15. The van der Waals surface area contributed by atoms with Gasteiger partial charge in [-0.15, -0.1) is 0 Å². The molecule has 9 heteroatoms. The molecule has 0 aliphatic carbocycles. The first kappa shape index (κ1) is 18.9. The highest BCUT2D eigenvalue weighted by Crippen LogP contribution is 2.31. The molecule has 2 amide bonds. The van der Waals surface area contributed by atoms with Crippen LogP contribution in [0.25, 0.3) is 0 Å². The molecule has 0 fully saturated rings. The molecule has 0 spiro atoms. The number of carbonyl (C=O) groups is 2. The average molecular weight is 389 g/mol. The molecule has 0 unspecified atom stereocenters. The quantitative estimate of drug-likeness (QED) is 0.798. The van der Waals surface area contributed by atoms with Gasteiger partial charge in [0.15, 0.2) is 6.61 Å². The van der Waals surface area contributed by atoms with Gasteiger partial charge in [0.1, 0.15) is 12.3 Å². The highest BCUT2D eigenvalue weighted by Gasteiger charge is 2.27. The number of aryl methyl sites for hydroxylation is 1. The summed E-state index contributed by atoms with van der Waals surface area (Å²) >= 11 is 0. The smallest absolute Gasteiger partial charge is 0.265 e. The predicted octanol–water partition coefficient (Wildman–Crippen LogP) is 1.26. The van der Waals surface area contributed by atoms with E-state index in [4.69, 9.17) is 9.88 Å². The Bertz CT molecular complexity index is 1000. The van der Waals surface area contributed by atoms with Crippen LogP contribution >= 0.6 is 0 Å². The minimum Gasteiger partial charge on any atom is -0.482 e. The van der Waals surface area contributed by atoms with Crippen molar-refractivity contribution in [2.24, 2.45) is 5.14 Å². The number of benzene rings is 2. The van der Waals surface area contributed by atoms with Crippen LogP contribution in [0, 0.1) is 0 Å². The minimum absolute atomic E-state index is 0.0319. The number of anilines is 2. The zero-order valence-corrected chi connectivity index (χ0v) is 15.5. The number of primary sulfonamides is 1. The van der Waals surface area contributed by atoms with Crippen molar-refractivity contribution in [3.05, 3.63) is 48.0 Å². The van der Waals surface area contributed by atoms with Crippen molar-refractivity contribution in [2.75, 3.05) is 23.4 Å². The molecule has 0 aromatic heterocycles. The van der Waals surface area contributed by atoms with Crippen LogP contribution in [0.5, 0.6) is 5.75 Å². The van der Waals surface area contributed by atoms with Gasteiger partial charge >= 0.3 is 0 Å². The first-order valence-corrected chi connectivity index (χ1v) is 9.82. The SMILES string of the molecule is CCc1ccc(NC(=O)CN2C(=O)COc3ccccc32)cc1S(N)(=O)=O. The third kappa shape index (κ3) is 4.09. The largest absolute Gasteiger partial charge is 0.482 e. The number of nitrogens with zero attached hydrogens (tertiary/aromatic N) is 1. The van der Waals surface area contributed by atoms with Gasteiger partial charge in [0, 0.05) is 5.69 Å². The molecule has 0 radical (unpaired) electrons. The Morgan fingerprint density at radius 3 is 2.70 bits per heavy atom. The fourth-order valence-corrected chi connectivity index (χ4v) is 3.73. The number of amides is 2. The van der Waals surface area contributed by atoms with Gasteiger partial charge in [-0.25, -0.2) is 13.6 Å². The number of carbonyl (C=O) groups excluding carboxylic acids is 2. The van der Waals surface area contributed by atoms with E-state index in [1.54, 1.807) is 36.4 Å². The summed E-state index contributed by atoms with van der Waals surface area (Å²) in [7, 11) is -3.91. The fraction of sp³-hybridized carbons (Fsp3) is 0.222. The summed E-state index contributed by atoms with van der Waals surface area (Å²) in [4.78, 5) is 25.9. The van der Waals surface area contributed by atoms with Crippen LogP contribution in [0.2, 0.25) is 0 Å². The first-order chi connectivity index (χ1) is 12.8. The summed E-state index contributed by atoms with van der Waals surface area (Å²) in [5.74, 6) is -0.284. The van der Waals surface area contributed by atoms with Crippen LogP contribution < -0.4 is 20.1 Å². The lowest BCUT2D eigenvalue weighted by atomic mass is 10.1. The molecule has 2 aromatic carbocycles.